The van der Waals surface area contributed by atoms with Crippen molar-refractivity contribution in [3.05, 3.63) is 46.2 Å². The molecule has 0 aliphatic heterocycles. The molecule has 1 fully saturated rings. The van der Waals surface area contributed by atoms with Crippen molar-refractivity contribution in [3.63, 3.8) is 0 Å². The monoisotopic (exact) mass is 331 g/mol. The number of amides is 1. The van der Waals surface area contributed by atoms with Crippen LogP contribution in [0.2, 0.25) is 0 Å². The quantitative estimate of drug-likeness (QED) is 0.777. The second-order valence-corrected chi connectivity index (χ2v) is 6.81. The van der Waals surface area contributed by atoms with E-state index in [0.29, 0.717) is 24.1 Å². The molecule has 0 N–H and O–H groups in total. The lowest BCUT2D eigenvalue weighted by molar-refractivity contribution is -0.134. The van der Waals surface area contributed by atoms with Gasteiger partial charge in [0.2, 0.25) is 0 Å². The number of rotatable bonds is 7. The number of carbonyl (C=O) groups is 1. The van der Waals surface area contributed by atoms with Gasteiger partial charge in [0.05, 0.1) is 13.7 Å². The molecule has 1 aliphatic rings. The van der Waals surface area contributed by atoms with Crippen molar-refractivity contribution in [1.29, 1.82) is 0 Å². The van der Waals surface area contributed by atoms with Gasteiger partial charge in [-0.15, -0.1) is 11.3 Å². The predicted octanol–water partition coefficient (Wildman–Crippen LogP) is 3.64. The fourth-order valence-electron chi connectivity index (χ4n) is 2.49. The second-order valence-electron chi connectivity index (χ2n) is 5.78. The molecule has 0 saturated heterocycles. The average Bonchev–Trinajstić information content (AvgIpc) is 3.27. The molecule has 0 bridgehead atoms. The number of hydrogen-bond donors (Lipinski definition) is 0. The van der Waals surface area contributed by atoms with Crippen LogP contribution in [-0.2, 0) is 11.3 Å². The highest BCUT2D eigenvalue weighted by atomic mass is 32.1. The Morgan fingerprint density at radius 2 is 2.13 bits per heavy atom. The molecule has 1 saturated carbocycles. The largest absolute Gasteiger partial charge is 0.493 e. The summed E-state index contributed by atoms with van der Waals surface area (Å²) in [5.74, 6) is 1.30. The van der Waals surface area contributed by atoms with E-state index in [-0.39, 0.29) is 12.5 Å². The number of nitrogens with zero attached hydrogens (tertiary/aromatic N) is 1. The van der Waals surface area contributed by atoms with Crippen LogP contribution in [0.1, 0.15) is 23.3 Å². The van der Waals surface area contributed by atoms with Crippen molar-refractivity contribution in [2.45, 2.75) is 32.4 Å². The SMILES string of the molecule is COc1cc(C)ccc1OCC(=O)N(Cc1cccs1)C1CC1. The maximum Gasteiger partial charge on any atom is 0.261 e. The van der Waals surface area contributed by atoms with E-state index in [1.165, 1.54) is 4.88 Å². The summed E-state index contributed by atoms with van der Waals surface area (Å²) >= 11 is 1.68. The van der Waals surface area contributed by atoms with Gasteiger partial charge in [-0.1, -0.05) is 12.1 Å². The van der Waals surface area contributed by atoms with Gasteiger partial charge in [0, 0.05) is 10.9 Å². The summed E-state index contributed by atoms with van der Waals surface area (Å²) in [6.45, 7) is 2.71. The molecule has 0 unspecified atom stereocenters. The summed E-state index contributed by atoms with van der Waals surface area (Å²) < 4.78 is 11.0. The molecule has 1 heterocycles. The molecule has 0 atom stereocenters. The van der Waals surface area contributed by atoms with E-state index in [4.69, 9.17) is 9.47 Å². The van der Waals surface area contributed by atoms with Crippen molar-refractivity contribution in [2.75, 3.05) is 13.7 Å². The van der Waals surface area contributed by atoms with Crippen molar-refractivity contribution in [1.82, 2.24) is 4.90 Å². The van der Waals surface area contributed by atoms with Gasteiger partial charge in [0.1, 0.15) is 0 Å². The van der Waals surface area contributed by atoms with E-state index < -0.39 is 0 Å². The lowest BCUT2D eigenvalue weighted by atomic mass is 10.2. The summed E-state index contributed by atoms with van der Waals surface area (Å²) in [5.41, 5.74) is 1.10. The lowest BCUT2D eigenvalue weighted by Crippen LogP contribution is -2.36. The molecule has 2 aromatic rings. The molecular formula is C18H21NO3S. The fraction of sp³-hybridized carbons (Fsp3) is 0.389. The van der Waals surface area contributed by atoms with Crippen LogP contribution in [0.25, 0.3) is 0 Å². The van der Waals surface area contributed by atoms with E-state index in [2.05, 4.69) is 6.07 Å². The van der Waals surface area contributed by atoms with E-state index in [0.717, 1.165) is 18.4 Å². The first-order chi connectivity index (χ1) is 11.2. The Kier molecular flexibility index (Phi) is 4.86. The van der Waals surface area contributed by atoms with Gasteiger partial charge in [0.15, 0.2) is 18.1 Å². The van der Waals surface area contributed by atoms with Gasteiger partial charge in [-0.3, -0.25) is 4.79 Å². The predicted molar refractivity (Wildman–Crippen MR) is 91.1 cm³/mol. The molecule has 122 valence electrons. The standard InChI is InChI=1S/C18H21NO3S/c1-13-5-8-16(17(10-13)21-2)22-12-18(20)19(14-6-7-14)11-15-4-3-9-23-15/h3-5,8-10,14H,6-7,11-12H2,1-2H3. The van der Waals surface area contributed by atoms with E-state index in [1.54, 1.807) is 18.4 Å². The fourth-order valence-corrected chi connectivity index (χ4v) is 3.20. The summed E-state index contributed by atoms with van der Waals surface area (Å²) in [6.07, 6.45) is 2.18. The number of thiophene rings is 1. The lowest BCUT2D eigenvalue weighted by Gasteiger charge is -2.22. The van der Waals surface area contributed by atoms with Crippen molar-refractivity contribution in [2.24, 2.45) is 0 Å². The number of carbonyl (C=O) groups excluding carboxylic acids is 1. The van der Waals surface area contributed by atoms with Gasteiger partial charge in [-0.2, -0.15) is 0 Å². The van der Waals surface area contributed by atoms with Crippen molar-refractivity contribution in [3.8, 4) is 11.5 Å². The molecule has 1 amide bonds. The third kappa shape index (κ3) is 4.05. The highest BCUT2D eigenvalue weighted by Gasteiger charge is 2.32. The molecule has 1 aromatic carbocycles. The smallest absolute Gasteiger partial charge is 0.261 e. The third-order valence-electron chi connectivity index (χ3n) is 3.88. The van der Waals surface area contributed by atoms with Crippen molar-refractivity contribution >= 4 is 17.2 Å². The maximum absolute atomic E-state index is 12.6. The number of methoxy groups -OCH3 is 1. The van der Waals surface area contributed by atoms with Gasteiger partial charge in [0.25, 0.3) is 5.91 Å². The minimum atomic E-state index is 0.0310. The van der Waals surface area contributed by atoms with Crippen LogP contribution in [0.3, 0.4) is 0 Å². The Morgan fingerprint density at radius 1 is 1.30 bits per heavy atom. The number of benzene rings is 1. The molecular weight excluding hydrogens is 310 g/mol. The number of aryl methyl sites for hydroxylation is 1. The summed E-state index contributed by atoms with van der Waals surface area (Å²) in [6, 6.07) is 10.2. The van der Waals surface area contributed by atoms with E-state index in [9.17, 15) is 4.79 Å². The van der Waals surface area contributed by atoms with E-state index >= 15 is 0 Å². The average molecular weight is 331 g/mol. The molecule has 4 nitrogen and oxygen atoms in total. The Morgan fingerprint density at radius 3 is 2.78 bits per heavy atom. The number of hydrogen-bond acceptors (Lipinski definition) is 4. The first-order valence-corrected chi connectivity index (χ1v) is 8.64. The Balaban J connectivity index is 1.63. The normalized spacial score (nSPS) is 13.7. The van der Waals surface area contributed by atoms with Crippen LogP contribution in [-0.4, -0.2) is 30.6 Å². The minimum Gasteiger partial charge on any atom is -0.493 e. The zero-order chi connectivity index (χ0) is 16.2. The van der Waals surface area contributed by atoms with Gasteiger partial charge >= 0.3 is 0 Å². The Labute approximate surface area is 140 Å². The maximum atomic E-state index is 12.6. The van der Waals surface area contributed by atoms with Gasteiger partial charge < -0.3 is 14.4 Å². The third-order valence-corrected chi connectivity index (χ3v) is 4.75. The van der Waals surface area contributed by atoms with Crippen LogP contribution in [0.15, 0.2) is 35.7 Å². The molecule has 0 radical (unpaired) electrons. The van der Waals surface area contributed by atoms with Crippen molar-refractivity contribution < 1.29 is 14.3 Å². The minimum absolute atomic E-state index is 0.0310. The zero-order valence-corrected chi connectivity index (χ0v) is 14.3. The van der Waals surface area contributed by atoms with Crippen LogP contribution in [0, 0.1) is 6.92 Å². The second kappa shape index (κ2) is 7.04. The van der Waals surface area contributed by atoms with Gasteiger partial charge in [-0.05, 0) is 48.9 Å². The molecule has 1 aliphatic carbocycles. The first-order valence-electron chi connectivity index (χ1n) is 7.76. The topological polar surface area (TPSA) is 38.8 Å². The van der Waals surface area contributed by atoms with Gasteiger partial charge in [-0.25, -0.2) is 0 Å². The summed E-state index contributed by atoms with van der Waals surface area (Å²) in [4.78, 5) is 15.7. The van der Waals surface area contributed by atoms with Crippen LogP contribution >= 0.6 is 11.3 Å². The molecule has 23 heavy (non-hydrogen) atoms. The first kappa shape index (κ1) is 15.9. The summed E-state index contributed by atoms with van der Waals surface area (Å²) in [7, 11) is 1.61. The van der Waals surface area contributed by atoms with Crippen LogP contribution in [0.4, 0.5) is 0 Å². The Hall–Kier alpha value is -2.01. The van der Waals surface area contributed by atoms with Crippen LogP contribution < -0.4 is 9.47 Å². The summed E-state index contributed by atoms with van der Waals surface area (Å²) in [5, 5.41) is 2.04. The molecule has 3 rings (SSSR count). The Bertz CT molecular complexity index is 665. The van der Waals surface area contributed by atoms with Crippen LogP contribution in [0.5, 0.6) is 11.5 Å². The van der Waals surface area contributed by atoms with E-state index in [1.807, 2.05) is 41.5 Å². The highest BCUT2D eigenvalue weighted by Crippen LogP contribution is 2.31. The molecule has 0 spiro atoms. The zero-order valence-electron chi connectivity index (χ0n) is 13.5. The molecule has 5 heteroatoms. The molecule has 1 aromatic heterocycles. The highest BCUT2D eigenvalue weighted by molar-refractivity contribution is 7.09. The number of ether oxygens (including phenoxy) is 2.